The molecule has 1 atom stereocenters. The summed E-state index contributed by atoms with van der Waals surface area (Å²) in [7, 11) is 0. The second-order valence-electron chi connectivity index (χ2n) is 6.05. The van der Waals surface area contributed by atoms with E-state index in [0.717, 1.165) is 23.1 Å². The quantitative estimate of drug-likeness (QED) is 0.553. The molecule has 1 N–H and O–H groups in total. The fourth-order valence-corrected chi connectivity index (χ4v) is 2.69. The van der Waals surface area contributed by atoms with Crippen molar-refractivity contribution in [3.63, 3.8) is 0 Å². The smallest absolute Gasteiger partial charge is 0.241 e. The Morgan fingerprint density at radius 3 is 2.35 bits per heavy atom. The summed E-state index contributed by atoms with van der Waals surface area (Å²) >= 11 is 0. The Kier molecular flexibility index (Phi) is 7.42. The van der Waals surface area contributed by atoms with Crippen molar-refractivity contribution in [2.75, 3.05) is 0 Å². The third-order valence-corrected chi connectivity index (χ3v) is 4.21. The highest BCUT2D eigenvalue weighted by atomic mass is 35.5. The average molecular weight is 370 g/mol. The summed E-state index contributed by atoms with van der Waals surface area (Å²) in [6.07, 6.45) is 4.43. The summed E-state index contributed by atoms with van der Waals surface area (Å²) in [5, 5.41) is 12.2. The van der Waals surface area contributed by atoms with Crippen LogP contribution in [0.25, 0.3) is 11.1 Å². The molecule has 0 aliphatic heterocycles. The lowest BCUT2D eigenvalue weighted by atomic mass is 10.1. The number of nitrogens with one attached hydrogen (secondary N) is 1. The summed E-state index contributed by atoms with van der Waals surface area (Å²) in [5.74, 6) is 0.820. The molecule has 0 radical (unpaired) electrons. The third-order valence-electron chi connectivity index (χ3n) is 4.21. The summed E-state index contributed by atoms with van der Waals surface area (Å²) in [4.78, 5) is 0. The lowest BCUT2D eigenvalue weighted by molar-refractivity contribution is 0.289. The van der Waals surface area contributed by atoms with Gasteiger partial charge in [0.15, 0.2) is 0 Å². The fourth-order valence-electron chi connectivity index (χ4n) is 2.69. The molecule has 26 heavy (non-hydrogen) atoms. The van der Waals surface area contributed by atoms with Crippen LogP contribution in [0.2, 0.25) is 0 Å². The third kappa shape index (κ3) is 4.96. The molecule has 0 bridgehead atoms. The molecule has 5 heteroatoms. The lowest BCUT2D eigenvalue weighted by Gasteiger charge is -2.08. The van der Waals surface area contributed by atoms with Crippen molar-refractivity contribution >= 4 is 18.6 Å². The van der Waals surface area contributed by atoms with Gasteiger partial charge in [-0.3, -0.25) is 4.68 Å². The normalized spacial score (nSPS) is 11.4. The second-order valence-corrected chi connectivity index (χ2v) is 6.05. The second kappa shape index (κ2) is 9.78. The van der Waals surface area contributed by atoms with Crippen LogP contribution in [0.4, 0.5) is 0 Å². The van der Waals surface area contributed by atoms with E-state index in [4.69, 9.17) is 10.1 Å². The van der Waals surface area contributed by atoms with Crippen molar-refractivity contribution < 1.29 is 4.74 Å². The van der Waals surface area contributed by atoms with E-state index in [1.807, 2.05) is 59.4 Å². The number of nitrogens with zero attached hydrogens (tertiary/aromatic N) is 2. The number of benzene rings is 2. The van der Waals surface area contributed by atoms with Crippen LogP contribution in [0.1, 0.15) is 18.9 Å². The molecule has 1 heterocycles. The van der Waals surface area contributed by atoms with Crippen LogP contribution < -0.4 is 4.74 Å². The maximum absolute atomic E-state index is 7.53. The van der Waals surface area contributed by atoms with E-state index < -0.39 is 0 Å². The number of halogens is 1. The summed E-state index contributed by atoms with van der Waals surface area (Å²) in [6.45, 7) is 3.26. The molecular formula is C21H24ClN3O. The molecular weight excluding hydrogens is 346 g/mol. The van der Waals surface area contributed by atoms with E-state index in [1.54, 1.807) is 0 Å². The molecule has 4 nitrogen and oxygen atoms in total. The van der Waals surface area contributed by atoms with Crippen molar-refractivity contribution in [1.29, 1.82) is 5.41 Å². The molecule has 2 aromatic carbocycles. The predicted octanol–water partition coefficient (Wildman–Crippen LogP) is 5.23. The van der Waals surface area contributed by atoms with Crippen LogP contribution in [0, 0.1) is 11.3 Å². The minimum absolute atomic E-state index is 0. The monoisotopic (exact) mass is 369 g/mol. The number of hydrogen-bond donors (Lipinski definition) is 1. The lowest BCUT2D eigenvalue weighted by Crippen LogP contribution is -2.11. The van der Waals surface area contributed by atoms with Crippen LogP contribution in [0.3, 0.4) is 0 Å². The highest BCUT2D eigenvalue weighted by Crippen LogP contribution is 2.29. The molecule has 0 amide bonds. The maximum Gasteiger partial charge on any atom is 0.241 e. The summed E-state index contributed by atoms with van der Waals surface area (Å²) in [5.41, 5.74) is 3.18. The number of rotatable bonds is 8. The largest absolute Gasteiger partial charge is 0.471 e. The minimum Gasteiger partial charge on any atom is -0.471 e. The first-order valence-corrected chi connectivity index (χ1v) is 8.60. The molecule has 0 aliphatic rings. The SMILES string of the molecule is CC[C@@H](C=N)Cn1cc(-c2ccccc2)c(OCc2ccccc2)n1.Cl. The van der Waals surface area contributed by atoms with Gasteiger partial charge in [-0.25, -0.2) is 0 Å². The zero-order valence-electron chi connectivity index (χ0n) is 14.8. The van der Waals surface area contributed by atoms with Gasteiger partial charge >= 0.3 is 0 Å². The highest BCUT2D eigenvalue weighted by molar-refractivity contribution is 5.85. The Labute approximate surface area is 160 Å². The van der Waals surface area contributed by atoms with Crippen LogP contribution in [0.5, 0.6) is 5.88 Å². The van der Waals surface area contributed by atoms with E-state index >= 15 is 0 Å². The van der Waals surface area contributed by atoms with Gasteiger partial charge in [0.1, 0.15) is 6.61 Å². The molecule has 3 aromatic rings. The molecule has 1 aromatic heterocycles. The molecule has 0 saturated carbocycles. The zero-order valence-corrected chi connectivity index (χ0v) is 15.7. The Morgan fingerprint density at radius 2 is 1.73 bits per heavy atom. The first kappa shape index (κ1) is 19.7. The molecule has 0 fully saturated rings. The molecule has 0 unspecified atom stereocenters. The van der Waals surface area contributed by atoms with Crippen LogP contribution in [-0.4, -0.2) is 16.0 Å². The highest BCUT2D eigenvalue weighted by Gasteiger charge is 2.14. The Balaban J connectivity index is 0.00000243. The fraction of sp³-hybridized carbons (Fsp3) is 0.238. The molecule has 3 rings (SSSR count). The van der Waals surface area contributed by atoms with Gasteiger partial charge in [0.05, 0.1) is 5.56 Å². The topological polar surface area (TPSA) is 50.9 Å². The van der Waals surface area contributed by atoms with Crippen LogP contribution >= 0.6 is 12.4 Å². The average Bonchev–Trinajstić information content (AvgIpc) is 3.08. The summed E-state index contributed by atoms with van der Waals surface area (Å²) in [6, 6.07) is 20.2. The van der Waals surface area contributed by atoms with Gasteiger partial charge in [-0.2, -0.15) is 0 Å². The first-order chi connectivity index (χ1) is 12.3. The Morgan fingerprint density at radius 1 is 1.08 bits per heavy atom. The van der Waals surface area contributed by atoms with Gasteiger partial charge in [0.25, 0.3) is 0 Å². The van der Waals surface area contributed by atoms with Gasteiger partial charge in [-0.1, -0.05) is 67.6 Å². The van der Waals surface area contributed by atoms with Crippen molar-refractivity contribution in [3.05, 3.63) is 72.4 Å². The van der Waals surface area contributed by atoms with Crippen molar-refractivity contribution in [3.8, 4) is 17.0 Å². The molecule has 136 valence electrons. The summed E-state index contributed by atoms with van der Waals surface area (Å²) < 4.78 is 7.91. The van der Waals surface area contributed by atoms with Gasteiger partial charge in [0, 0.05) is 24.9 Å². The van der Waals surface area contributed by atoms with Gasteiger partial charge in [-0.05, 0) is 17.5 Å². The van der Waals surface area contributed by atoms with Gasteiger partial charge in [-0.15, -0.1) is 17.5 Å². The van der Waals surface area contributed by atoms with E-state index in [-0.39, 0.29) is 18.3 Å². The molecule has 0 saturated heterocycles. The van der Waals surface area contributed by atoms with E-state index in [9.17, 15) is 0 Å². The van der Waals surface area contributed by atoms with Gasteiger partial charge < -0.3 is 10.1 Å². The number of ether oxygens (including phenoxy) is 1. The van der Waals surface area contributed by atoms with Crippen molar-refractivity contribution in [1.82, 2.24) is 9.78 Å². The van der Waals surface area contributed by atoms with E-state index in [2.05, 4.69) is 24.2 Å². The predicted molar refractivity (Wildman–Crippen MR) is 108 cm³/mol. The van der Waals surface area contributed by atoms with Gasteiger partial charge in [0.2, 0.25) is 5.88 Å². The first-order valence-electron chi connectivity index (χ1n) is 8.60. The standard InChI is InChI=1S/C21H23N3O.ClH/c1-2-17(13-22)14-24-15-20(19-11-7-4-8-12-19)21(23-24)25-16-18-9-5-3-6-10-18;/h3-13,15,17,22H,2,14,16H2,1H3;1H/t17-;/m0./s1. The molecule has 0 spiro atoms. The number of hydrogen-bond acceptors (Lipinski definition) is 3. The maximum atomic E-state index is 7.53. The Hall–Kier alpha value is -2.59. The van der Waals surface area contributed by atoms with Crippen LogP contribution in [-0.2, 0) is 13.2 Å². The zero-order chi connectivity index (χ0) is 17.5. The van der Waals surface area contributed by atoms with Crippen LogP contribution in [0.15, 0.2) is 66.9 Å². The van der Waals surface area contributed by atoms with E-state index in [0.29, 0.717) is 19.0 Å². The molecule has 0 aliphatic carbocycles. The number of aromatic nitrogens is 2. The van der Waals surface area contributed by atoms with Crippen molar-refractivity contribution in [2.45, 2.75) is 26.5 Å². The Bertz CT molecular complexity index is 803. The van der Waals surface area contributed by atoms with Crippen molar-refractivity contribution in [2.24, 2.45) is 5.92 Å². The van der Waals surface area contributed by atoms with E-state index in [1.165, 1.54) is 6.21 Å². The minimum atomic E-state index is 0.